The van der Waals surface area contributed by atoms with Crippen LogP contribution in [0.4, 0.5) is 5.13 Å². The molecule has 2 N–H and O–H groups in total. The Balaban J connectivity index is 1.92. The predicted molar refractivity (Wildman–Crippen MR) is 44.9 cm³/mol. The van der Waals surface area contributed by atoms with Crippen molar-refractivity contribution in [3.8, 4) is 0 Å². The van der Waals surface area contributed by atoms with Crippen molar-refractivity contribution >= 4 is 22.6 Å². The highest BCUT2D eigenvalue weighted by Crippen LogP contribution is 2.11. The van der Waals surface area contributed by atoms with Crippen LogP contribution in [0.2, 0.25) is 0 Å². The Morgan fingerprint density at radius 2 is 2.67 bits per heavy atom. The highest BCUT2D eigenvalue weighted by molar-refractivity contribution is 7.09. The van der Waals surface area contributed by atoms with Gasteiger partial charge in [0.1, 0.15) is 6.33 Å². The number of aromatic nitrogens is 2. The number of anilines is 1. The third-order valence-corrected chi connectivity index (χ3v) is 2.26. The summed E-state index contributed by atoms with van der Waals surface area (Å²) >= 11 is 1.30. The van der Waals surface area contributed by atoms with E-state index in [-0.39, 0.29) is 11.9 Å². The second-order valence-corrected chi connectivity index (χ2v) is 3.38. The fourth-order valence-corrected chi connectivity index (χ4v) is 1.63. The van der Waals surface area contributed by atoms with Gasteiger partial charge in [0, 0.05) is 24.5 Å². The van der Waals surface area contributed by atoms with E-state index in [1.807, 2.05) is 0 Å². The molecule has 12 heavy (non-hydrogen) atoms. The average molecular weight is 184 g/mol. The molecule has 1 fully saturated rings. The van der Waals surface area contributed by atoms with E-state index in [1.54, 1.807) is 0 Å². The van der Waals surface area contributed by atoms with Crippen molar-refractivity contribution in [2.75, 3.05) is 11.9 Å². The van der Waals surface area contributed by atoms with Gasteiger partial charge in [-0.2, -0.15) is 4.37 Å². The van der Waals surface area contributed by atoms with Crippen molar-refractivity contribution < 1.29 is 4.79 Å². The molecule has 1 unspecified atom stereocenters. The lowest BCUT2D eigenvalue weighted by molar-refractivity contribution is -0.119. The van der Waals surface area contributed by atoms with E-state index in [0.29, 0.717) is 13.0 Å². The van der Waals surface area contributed by atoms with Crippen molar-refractivity contribution in [3.05, 3.63) is 6.33 Å². The maximum absolute atomic E-state index is 10.8. The monoisotopic (exact) mass is 184 g/mol. The van der Waals surface area contributed by atoms with E-state index in [1.165, 1.54) is 17.9 Å². The number of hydrogen-bond donors (Lipinski definition) is 2. The van der Waals surface area contributed by atoms with Crippen molar-refractivity contribution in [1.82, 2.24) is 14.7 Å². The number of amides is 1. The van der Waals surface area contributed by atoms with Gasteiger partial charge >= 0.3 is 0 Å². The lowest BCUT2D eigenvalue weighted by Gasteiger charge is -2.06. The molecule has 1 saturated heterocycles. The van der Waals surface area contributed by atoms with E-state index >= 15 is 0 Å². The molecular weight excluding hydrogens is 176 g/mol. The van der Waals surface area contributed by atoms with Gasteiger partial charge in [-0.05, 0) is 0 Å². The molecule has 0 radical (unpaired) electrons. The summed E-state index contributed by atoms with van der Waals surface area (Å²) in [5, 5.41) is 6.62. The molecule has 1 aliphatic heterocycles. The summed E-state index contributed by atoms with van der Waals surface area (Å²) in [6.45, 7) is 0.679. The number of nitrogens with zero attached hydrogens (tertiary/aromatic N) is 2. The largest absolute Gasteiger partial charge is 0.355 e. The van der Waals surface area contributed by atoms with Gasteiger partial charge in [-0.1, -0.05) is 0 Å². The van der Waals surface area contributed by atoms with Crippen LogP contribution in [0.5, 0.6) is 0 Å². The van der Waals surface area contributed by atoms with Crippen molar-refractivity contribution in [2.24, 2.45) is 0 Å². The first-order valence-electron chi connectivity index (χ1n) is 3.64. The summed E-state index contributed by atoms with van der Waals surface area (Å²) < 4.78 is 3.85. The van der Waals surface area contributed by atoms with Gasteiger partial charge in [0.25, 0.3) is 0 Å². The lowest BCUT2D eigenvalue weighted by Crippen LogP contribution is -2.22. The summed E-state index contributed by atoms with van der Waals surface area (Å²) in [5.41, 5.74) is 0. The Bertz CT molecular complexity index is 273. The first kappa shape index (κ1) is 7.48. The molecule has 2 heterocycles. The SMILES string of the molecule is O=C1CC(Nc2ncns2)CN1. The Morgan fingerprint density at radius 3 is 3.25 bits per heavy atom. The number of rotatable bonds is 2. The molecule has 1 aromatic rings. The van der Waals surface area contributed by atoms with E-state index < -0.39 is 0 Å². The molecule has 6 heteroatoms. The molecule has 0 aliphatic carbocycles. The first-order chi connectivity index (χ1) is 5.84. The zero-order chi connectivity index (χ0) is 8.39. The molecular formula is C6H8N4OS. The summed E-state index contributed by atoms with van der Waals surface area (Å²) in [5.74, 6) is 0.0945. The molecule has 1 aliphatic rings. The second-order valence-electron chi connectivity index (χ2n) is 2.60. The summed E-state index contributed by atoms with van der Waals surface area (Å²) in [7, 11) is 0. The third-order valence-electron chi connectivity index (χ3n) is 1.67. The Hall–Kier alpha value is -1.17. The van der Waals surface area contributed by atoms with E-state index in [9.17, 15) is 4.79 Å². The molecule has 2 rings (SSSR count). The van der Waals surface area contributed by atoms with Crippen molar-refractivity contribution in [1.29, 1.82) is 0 Å². The minimum atomic E-state index is 0.0945. The standard InChI is InChI=1S/C6H8N4OS/c11-5-1-4(2-7-5)10-6-8-3-9-12-6/h3-4H,1-2H2,(H,7,11)(H,8,9,10). The third kappa shape index (κ3) is 1.53. The van der Waals surface area contributed by atoms with E-state index in [2.05, 4.69) is 20.0 Å². The number of nitrogens with one attached hydrogen (secondary N) is 2. The molecule has 1 atom stereocenters. The van der Waals surface area contributed by atoms with Gasteiger partial charge in [-0.25, -0.2) is 4.98 Å². The van der Waals surface area contributed by atoms with Gasteiger partial charge in [-0.3, -0.25) is 4.79 Å². The highest BCUT2D eigenvalue weighted by Gasteiger charge is 2.21. The van der Waals surface area contributed by atoms with Gasteiger partial charge in [0.15, 0.2) is 0 Å². The smallest absolute Gasteiger partial charge is 0.222 e. The maximum atomic E-state index is 10.8. The quantitative estimate of drug-likeness (QED) is 0.670. The molecule has 5 nitrogen and oxygen atoms in total. The van der Waals surface area contributed by atoms with Crippen LogP contribution >= 0.6 is 11.5 Å². The van der Waals surface area contributed by atoms with Crippen LogP contribution in [0, 0.1) is 0 Å². The van der Waals surface area contributed by atoms with Crippen LogP contribution in [0.1, 0.15) is 6.42 Å². The predicted octanol–water partition coefficient (Wildman–Crippen LogP) is -0.162. The van der Waals surface area contributed by atoms with Crippen LogP contribution in [-0.2, 0) is 4.79 Å². The lowest BCUT2D eigenvalue weighted by atomic mass is 10.3. The van der Waals surface area contributed by atoms with Gasteiger partial charge < -0.3 is 10.6 Å². The molecule has 0 bridgehead atoms. The van der Waals surface area contributed by atoms with Crippen LogP contribution in [0.25, 0.3) is 0 Å². The highest BCUT2D eigenvalue weighted by atomic mass is 32.1. The minimum Gasteiger partial charge on any atom is -0.355 e. The first-order valence-corrected chi connectivity index (χ1v) is 4.42. The van der Waals surface area contributed by atoms with Gasteiger partial charge in [0.2, 0.25) is 11.0 Å². The fourth-order valence-electron chi connectivity index (χ4n) is 1.12. The average Bonchev–Trinajstić information content (AvgIpc) is 2.63. The normalized spacial score (nSPS) is 22.3. The molecule has 64 valence electrons. The maximum Gasteiger partial charge on any atom is 0.222 e. The summed E-state index contributed by atoms with van der Waals surface area (Å²) in [6, 6.07) is 0.172. The zero-order valence-corrected chi connectivity index (χ0v) is 7.10. The van der Waals surface area contributed by atoms with E-state index in [4.69, 9.17) is 0 Å². The topological polar surface area (TPSA) is 66.9 Å². The summed E-state index contributed by atoms with van der Waals surface area (Å²) in [6.07, 6.45) is 2.02. The Kier molecular flexibility index (Phi) is 1.91. The number of hydrogen-bond acceptors (Lipinski definition) is 5. The second kappa shape index (κ2) is 3.06. The van der Waals surface area contributed by atoms with Crippen LogP contribution < -0.4 is 10.6 Å². The van der Waals surface area contributed by atoms with Crippen molar-refractivity contribution in [3.63, 3.8) is 0 Å². The molecule has 0 aromatic carbocycles. The minimum absolute atomic E-state index is 0.0945. The van der Waals surface area contributed by atoms with Gasteiger partial charge in [-0.15, -0.1) is 0 Å². The van der Waals surface area contributed by atoms with Crippen LogP contribution in [0.3, 0.4) is 0 Å². The molecule has 0 saturated carbocycles. The van der Waals surface area contributed by atoms with E-state index in [0.717, 1.165) is 5.13 Å². The number of carbonyl (C=O) groups excluding carboxylic acids is 1. The molecule has 0 spiro atoms. The Morgan fingerprint density at radius 1 is 1.75 bits per heavy atom. The summed E-state index contributed by atoms with van der Waals surface area (Å²) in [4.78, 5) is 14.8. The molecule has 1 amide bonds. The zero-order valence-electron chi connectivity index (χ0n) is 6.28. The van der Waals surface area contributed by atoms with Crippen LogP contribution in [0.15, 0.2) is 6.33 Å². The Labute approximate surface area is 73.4 Å². The fraction of sp³-hybridized carbons (Fsp3) is 0.500. The van der Waals surface area contributed by atoms with Gasteiger partial charge in [0.05, 0.1) is 6.04 Å². The van der Waals surface area contributed by atoms with Crippen molar-refractivity contribution in [2.45, 2.75) is 12.5 Å². The number of carbonyl (C=O) groups is 1. The molecule has 1 aromatic heterocycles. The van der Waals surface area contributed by atoms with Crippen LogP contribution in [-0.4, -0.2) is 27.9 Å².